The summed E-state index contributed by atoms with van der Waals surface area (Å²) in [5.41, 5.74) is 1.21. The van der Waals surface area contributed by atoms with E-state index in [1.807, 2.05) is 12.1 Å². The van der Waals surface area contributed by atoms with Crippen molar-refractivity contribution in [1.82, 2.24) is 0 Å². The van der Waals surface area contributed by atoms with Crippen LogP contribution in [0.15, 0.2) is 88.9 Å². The summed E-state index contributed by atoms with van der Waals surface area (Å²) >= 11 is 3.47. The number of nitrogens with zero attached hydrogens (tertiary/aromatic N) is 2. The Balaban J connectivity index is 1.76. The quantitative estimate of drug-likeness (QED) is 0.165. The van der Waals surface area contributed by atoms with Gasteiger partial charge in [-0.3, -0.25) is 9.59 Å². The van der Waals surface area contributed by atoms with Crippen molar-refractivity contribution in [3.8, 4) is 5.75 Å². The first-order valence-electron chi connectivity index (χ1n) is 12.0. The molecule has 3 aromatic rings. The van der Waals surface area contributed by atoms with E-state index in [-0.39, 0.29) is 5.57 Å². The van der Waals surface area contributed by atoms with Crippen molar-refractivity contribution in [2.24, 2.45) is 0 Å². The van der Waals surface area contributed by atoms with E-state index < -0.39 is 17.8 Å². The van der Waals surface area contributed by atoms with Gasteiger partial charge in [-0.15, -0.1) is 0 Å². The Hall–Kier alpha value is -3.71. The van der Waals surface area contributed by atoms with E-state index in [0.29, 0.717) is 29.3 Å². The fraction of sp³-hybridized carbons (Fsp3) is 0.207. The Kier molecular flexibility index (Phi) is 8.33. The van der Waals surface area contributed by atoms with Crippen molar-refractivity contribution >= 4 is 51.2 Å². The standard InChI is InChI=1S/C29H27BrN2O4/c1-2-3-4-11-18-36-26-17-16-22(30)19-21(26)20-25-27(33)31(23-12-7-5-8-13-23)29(35)32(28(25)34)24-14-9-6-10-15-24/h5-10,12-17,19-20H,2-4,11,18H2,1H3. The van der Waals surface area contributed by atoms with Crippen molar-refractivity contribution in [3.63, 3.8) is 0 Å². The Labute approximate surface area is 219 Å². The molecule has 0 bridgehead atoms. The molecule has 0 aromatic heterocycles. The minimum atomic E-state index is -0.721. The lowest BCUT2D eigenvalue weighted by Crippen LogP contribution is -2.57. The summed E-state index contributed by atoms with van der Waals surface area (Å²) in [6.45, 7) is 2.69. The summed E-state index contributed by atoms with van der Waals surface area (Å²) in [6, 6.07) is 21.9. The Morgan fingerprint density at radius 1 is 0.778 bits per heavy atom. The smallest absolute Gasteiger partial charge is 0.343 e. The van der Waals surface area contributed by atoms with Crippen molar-refractivity contribution in [2.75, 3.05) is 16.4 Å². The molecule has 7 heteroatoms. The predicted molar refractivity (Wildman–Crippen MR) is 145 cm³/mol. The van der Waals surface area contributed by atoms with Crippen molar-refractivity contribution < 1.29 is 19.1 Å². The van der Waals surface area contributed by atoms with Crippen LogP contribution in [0.25, 0.3) is 6.08 Å². The Morgan fingerprint density at radius 2 is 1.36 bits per heavy atom. The monoisotopic (exact) mass is 546 g/mol. The second kappa shape index (κ2) is 11.8. The van der Waals surface area contributed by atoms with E-state index in [1.54, 1.807) is 66.7 Å². The second-order valence-corrected chi connectivity index (χ2v) is 9.30. The molecule has 1 saturated heterocycles. The second-order valence-electron chi connectivity index (χ2n) is 8.38. The molecule has 6 nitrogen and oxygen atoms in total. The van der Waals surface area contributed by atoms with Crippen LogP contribution in [0.4, 0.5) is 16.2 Å². The SMILES string of the molecule is CCCCCCOc1ccc(Br)cc1C=C1C(=O)N(c2ccccc2)C(=O)N(c2ccccc2)C1=O. The summed E-state index contributed by atoms with van der Waals surface area (Å²) in [5, 5.41) is 0. The number of ether oxygens (including phenoxy) is 1. The minimum absolute atomic E-state index is 0.128. The van der Waals surface area contributed by atoms with Crippen LogP contribution in [0.2, 0.25) is 0 Å². The molecule has 4 amide bonds. The van der Waals surface area contributed by atoms with Gasteiger partial charge in [-0.1, -0.05) is 78.5 Å². The number of carbonyl (C=O) groups excluding carboxylic acids is 3. The van der Waals surface area contributed by atoms with E-state index in [4.69, 9.17) is 4.74 Å². The van der Waals surface area contributed by atoms with Gasteiger partial charge in [0.25, 0.3) is 11.8 Å². The number of rotatable bonds is 9. The summed E-state index contributed by atoms with van der Waals surface area (Å²) in [6.07, 6.45) is 5.77. The molecule has 1 fully saturated rings. The van der Waals surface area contributed by atoms with Crippen LogP contribution in [-0.2, 0) is 9.59 Å². The van der Waals surface area contributed by atoms with Crippen molar-refractivity contribution in [3.05, 3.63) is 94.5 Å². The van der Waals surface area contributed by atoms with Crippen LogP contribution in [0.3, 0.4) is 0 Å². The number of amides is 4. The number of para-hydroxylation sites is 2. The molecule has 4 rings (SSSR count). The van der Waals surface area contributed by atoms with Gasteiger partial charge in [0.1, 0.15) is 11.3 Å². The number of imide groups is 2. The van der Waals surface area contributed by atoms with Crippen LogP contribution in [0.1, 0.15) is 38.2 Å². The highest BCUT2D eigenvalue weighted by Gasteiger charge is 2.43. The number of hydrogen-bond donors (Lipinski definition) is 0. The molecule has 0 radical (unpaired) electrons. The fourth-order valence-corrected chi connectivity index (χ4v) is 4.35. The van der Waals surface area contributed by atoms with Gasteiger partial charge in [0.15, 0.2) is 0 Å². The molecule has 0 N–H and O–H groups in total. The molecule has 0 aliphatic carbocycles. The third-order valence-electron chi connectivity index (χ3n) is 5.81. The molecule has 0 saturated carbocycles. The number of hydrogen-bond acceptors (Lipinski definition) is 4. The largest absolute Gasteiger partial charge is 0.493 e. The van der Waals surface area contributed by atoms with E-state index >= 15 is 0 Å². The van der Waals surface area contributed by atoms with Crippen molar-refractivity contribution in [2.45, 2.75) is 32.6 Å². The summed E-state index contributed by atoms with van der Waals surface area (Å²) in [7, 11) is 0. The molecule has 0 atom stereocenters. The number of urea groups is 1. The van der Waals surface area contributed by atoms with E-state index in [0.717, 1.165) is 40.0 Å². The van der Waals surface area contributed by atoms with Crippen LogP contribution in [0, 0.1) is 0 Å². The van der Waals surface area contributed by atoms with Crippen LogP contribution in [0.5, 0.6) is 5.75 Å². The maximum absolute atomic E-state index is 13.6. The zero-order chi connectivity index (χ0) is 25.5. The van der Waals surface area contributed by atoms with Gasteiger partial charge < -0.3 is 4.74 Å². The highest BCUT2D eigenvalue weighted by Crippen LogP contribution is 2.32. The normalized spacial score (nSPS) is 13.8. The molecule has 1 aliphatic heterocycles. The molecular formula is C29H27BrN2O4. The lowest BCUT2D eigenvalue weighted by molar-refractivity contribution is -0.121. The third-order valence-corrected chi connectivity index (χ3v) is 6.30. The molecule has 0 unspecified atom stereocenters. The Bertz CT molecular complexity index is 1210. The number of barbiturate groups is 1. The summed E-state index contributed by atoms with van der Waals surface area (Å²) in [5.74, 6) is -0.799. The third kappa shape index (κ3) is 5.57. The molecule has 1 aliphatic rings. The molecular weight excluding hydrogens is 520 g/mol. The molecule has 0 spiro atoms. The average Bonchev–Trinajstić information content (AvgIpc) is 2.89. The summed E-state index contributed by atoms with van der Waals surface area (Å²) in [4.78, 5) is 42.7. The maximum atomic E-state index is 13.6. The lowest BCUT2D eigenvalue weighted by atomic mass is 10.0. The molecule has 36 heavy (non-hydrogen) atoms. The number of unbranched alkanes of at least 4 members (excludes halogenated alkanes) is 3. The first-order chi connectivity index (χ1) is 17.5. The van der Waals surface area contributed by atoms with Crippen LogP contribution >= 0.6 is 15.9 Å². The average molecular weight is 547 g/mol. The summed E-state index contributed by atoms with van der Waals surface area (Å²) < 4.78 is 6.79. The highest BCUT2D eigenvalue weighted by atomic mass is 79.9. The zero-order valence-electron chi connectivity index (χ0n) is 20.0. The maximum Gasteiger partial charge on any atom is 0.343 e. The first-order valence-corrected chi connectivity index (χ1v) is 12.8. The van der Waals surface area contributed by atoms with Gasteiger partial charge >= 0.3 is 6.03 Å². The van der Waals surface area contributed by atoms with Crippen LogP contribution < -0.4 is 14.5 Å². The van der Waals surface area contributed by atoms with Gasteiger partial charge in [-0.05, 0) is 55.0 Å². The number of anilines is 2. The van der Waals surface area contributed by atoms with Gasteiger partial charge in [0, 0.05) is 10.0 Å². The van der Waals surface area contributed by atoms with Gasteiger partial charge in [-0.2, -0.15) is 0 Å². The first kappa shape index (κ1) is 25.4. The number of benzene rings is 3. The molecule has 1 heterocycles. The molecule has 184 valence electrons. The number of carbonyl (C=O) groups is 3. The zero-order valence-corrected chi connectivity index (χ0v) is 21.6. The van der Waals surface area contributed by atoms with Crippen molar-refractivity contribution in [1.29, 1.82) is 0 Å². The van der Waals surface area contributed by atoms with E-state index in [1.165, 1.54) is 6.08 Å². The fourth-order valence-electron chi connectivity index (χ4n) is 3.97. The van der Waals surface area contributed by atoms with Crippen LogP contribution in [-0.4, -0.2) is 24.5 Å². The van der Waals surface area contributed by atoms with Gasteiger partial charge in [0.05, 0.1) is 18.0 Å². The van der Waals surface area contributed by atoms with E-state index in [2.05, 4.69) is 22.9 Å². The van der Waals surface area contributed by atoms with Gasteiger partial charge in [0.2, 0.25) is 0 Å². The Morgan fingerprint density at radius 3 is 1.92 bits per heavy atom. The van der Waals surface area contributed by atoms with Gasteiger partial charge in [-0.25, -0.2) is 14.6 Å². The predicted octanol–water partition coefficient (Wildman–Crippen LogP) is 6.99. The minimum Gasteiger partial charge on any atom is -0.493 e. The number of halogens is 1. The lowest BCUT2D eigenvalue weighted by Gasteiger charge is -2.34. The highest BCUT2D eigenvalue weighted by molar-refractivity contribution is 9.10. The topological polar surface area (TPSA) is 66.9 Å². The molecule has 3 aromatic carbocycles. The van der Waals surface area contributed by atoms with E-state index in [9.17, 15) is 14.4 Å².